The summed E-state index contributed by atoms with van der Waals surface area (Å²) in [5, 5.41) is 1.31. The molecule has 2 amide bonds. The molecule has 0 saturated carbocycles. The lowest BCUT2D eigenvalue weighted by molar-refractivity contribution is -0.123. The number of carbonyl (C=O) groups is 2. The average Bonchev–Trinajstić information content (AvgIpc) is 3.11. The largest absolute Gasteiger partial charge is 0.493 e. The fourth-order valence-corrected chi connectivity index (χ4v) is 5.46. The Labute approximate surface area is 239 Å². The lowest BCUT2D eigenvalue weighted by Gasteiger charge is -2.16. The molecule has 1 saturated heterocycles. The maximum absolute atomic E-state index is 13.0. The number of hydrazine groups is 1. The van der Waals surface area contributed by atoms with Crippen molar-refractivity contribution in [1.82, 2.24) is 10.4 Å². The highest BCUT2D eigenvalue weighted by atomic mass is 79.9. The van der Waals surface area contributed by atoms with Gasteiger partial charge in [0.15, 0.2) is 15.8 Å². The summed E-state index contributed by atoms with van der Waals surface area (Å²) in [5.41, 5.74) is 4.46. The van der Waals surface area contributed by atoms with Gasteiger partial charge in [-0.25, -0.2) is 0 Å². The van der Waals surface area contributed by atoms with E-state index in [0.29, 0.717) is 33.0 Å². The molecule has 0 atom stereocenters. The maximum Gasteiger partial charge on any atom is 0.285 e. The molecule has 0 spiro atoms. The van der Waals surface area contributed by atoms with Crippen LogP contribution in [0, 0.1) is 0 Å². The van der Waals surface area contributed by atoms with Crippen LogP contribution in [0.3, 0.4) is 0 Å². The summed E-state index contributed by atoms with van der Waals surface area (Å²) in [6.45, 7) is 0.353. The van der Waals surface area contributed by atoms with Gasteiger partial charge < -0.3 is 9.47 Å². The van der Waals surface area contributed by atoms with Crippen molar-refractivity contribution in [1.29, 1.82) is 0 Å². The van der Waals surface area contributed by atoms with E-state index in [4.69, 9.17) is 33.3 Å². The van der Waals surface area contributed by atoms with Gasteiger partial charge in [0.2, 0.25) is 0 Å². The van der Waals surface area contributed by atoms with Crippen LogP contribution in [0.5, 0.6) is 11.5 Å². The zero-order chi connectivity index (χ0) is 25.8. The molecule has 36 heavy (non-hydrogen) atoms. The summed E-state index contributed by atoms with van der Waals surface area (Å²) in [5.74, 6) is 0.0539. The first-order chi connectivity index (χ1) is 17.3. The van der Waals surface area contributed by atoms with E-state index in [9.17, 15) is 9.59 Å². The van der Waals surface area contributed by atoms with Gasteiger partial charge in [0.05, 0.1) is 27.1 Å². The molecule has 11 heteroatoms. The number of rotatable bonds is 7. The van der Waals surface area contributed by atoms with E-state index in [0.717, 1.165) is 26.8 Å². The Morgan fingerprint density at radius 2 is 1.89 bits per heavy atom. The van der Waals surface area contributed by atoms with Crippen molar-refractivity contribution in [3.05, 3.63) is 96.2 Å². The van der Waals surface area contributed by atoms with E-state index < -0.39 is 11.8 Å². The van der Waals surface area contributed by atoms with Crippen molar-refractivity contribution in [2.75, 3.05) is 7.11 Å². The molecule has 0 aliphatic carbocycles. The van der Waals surface area contributed by atoms with E-state index in [1.165, 1.54) is 0 Å². The van der Waals surface area contributed by atoms with Crippen molar-refractivity contribution < 1.29 is 19.1 Å². The third-order valence-electron chi connectivity index (χ3n) is 4.97. The molecule has 1 fully saturated rings. The van der Waals surface area contributed by atoms with Crippen molar-refractivity contribution in [2.24, 2.45) is 0 Å². The highest BCUT2D eigenvalue weighted by Crippen LogP contribution is 2.39. The number of carbonyl (C=O) groups excluding carboxylic acids is 2. The van der Waals surface area contributed by atoms with Gasteiger partial charge in [-0.1, -0.05) is 63.6 Å². The van der Waals surface area contributed by atoms with Crippen LogP contribution in [-0.4, -0.2) is 28.3 Å². The lowest BCUT2D eigenvalue weighted by atomic mass is 10.1. The number of benzene rings is 3. The number of halogens is 3. The maximum atomic E-state index is 13.0. The molecule has 0 bridgehead atoms. The zero-order valence-corrected chi connectivity index (χ0v) is 24.1. The number of nitrogens with one attached hydrogen (secondary N) is 1. The molecule has 3 aromatic rings. The first kappa shape index (κ1) is 26.7. The van der Waals surface area contributed by atoms with Crippen molar-refractivity contribution >= 4 is 89.7 Å². The molecule has 4 rings (SSSR count). The van der Waals surface area contributed by atoms with E-state index in [1.54, 1.807) is 43.5 Å². The second-order valence-electron chi connectivity index (χ2n) is 7.39. The Morgan fingerprint density at radius 3 is 2.58 bits per heavy atom. The summed E-state index contributed by atoms with van der Waals surface area (Å²) in [6, 6.07) is 17.9. The van der Waals surface area contributed by atoms with Gasteiger partial charge in [0, 0.05) is 4.47 Å². The third-order valence-corrected chi connectivity index (χ3v) is 7.72. The Kier molecular flexibility index (Phi) is 8.74. The van der Waals surface area contributed by atoms with Gasteiger partial charge >= 0.3 is 0 Å². The average molecular weight is 669 g/mol. The Balaban J connectivity index is 1.51. The number of hydrogen-bond donors (Lipinski definition) is 1. The van der Waals surface area contributed by atoms with Gasteiger partial charge in [0.25, 0.3) is 11.8 Å². The van der Waals surface area contributed by atoms with Gasteiger partial charge in [-0.15, -0.1) is 0 Å². The molecule has 1 N–H and O–H groups in total. The van der Waals surface area contributed by atoms with Crippen LogP contribution in [-0.2, 0) is 11.4 Å². The molecule has 1 aliphatic rings. The fourth-order valence-electron chi connectivity index (χ4n) is 3.22. The Morgan fingerprint density at radius 1 is 1.17 bits per heavy atom. The second kappa shape index (κ2) is 11.8. The van der Waals surface area contributed by atoms with Crippen LogP contribution in [0.2, 0.25) is 5.02 Å². The van der Waals surface area contributed by atoms with Crippen LogP contribution < -0.4 is 14.9 Å². The molecular formula is C25H17Br2ClN2O4S2. The fraction of sp³-hybridized carbons (Fsp3) is 0.0800. The standard InChI is InChI=1S/C25H17Br2ClN2O4S2/c1-33-20-11-15(10-18(27)22(20)34-13-14-6-8-16(26)9-7-14)12-21-24(32)30(25(35)36-21)29-23(31)17-4-2-3-5-19(17)28/h2-12H,13H2,1H3,(H,29,31)/b21-12+. The monoisotopic (exact) mass is 666 g/mol. The quantitative estimate of drug-likeness (QED) is 0.216. The van der Waals surface area contributed by atoms with Crippen molar-refractivity contribution in [3.8, 4) is 11.5 Å². The van der Waals surface area contributed by atoms with Crippen LogP contribution in [0.15, 0.2) is 74.5 Å². The minimum absolute atomic E-state index is 0.201. The smallest absolute Gasteiger partial charge is 0.285 e. The molecule has 3 aromatic carbocycles. The number of methoxy groups -OCH3 is 1. The van der Waals surface area contributed by atoms with Crippen LogP contribution in [0.1, 0.15) is 21.5 Å². The van der Waals surface area contributed by atoms with Crippen LogP contribution in [0.4, 0.5) is 0 Å². The number of thioether (sulfide) groups is 1. The van der Waals surface area contributed by atoms with Crippen LogP contribution >= 0.6 is 67.4 Å². The molecule has 0 aromatic heterocycles. The summed E-state index contributed by atoms with van der Waals surface area (Å²) in [7, 11) is 1.54. The topological polar surface area (TPSA) is 67.9 Å². The molecule has 1 aliphatic heterocycles. The normalized spacial score (nSPS) is 14.3. The SMILES string of the molecule is COc1cc(/C=C2/SC(=S)N(NC(=O)c3ccccc3Cl)C2=O)cc(Br)c1OCc1ccc(Br)cc1. The molecule has 184 valence electrons. The summed E-state index contributed by atoms with van der Waals surface area (Å²) >= 11 is 19.4. The van der Waals surface area contributed by atoms with E-state index >= 15 is 0 Å². The van der Waals surface area contributed by atoms with E-state index in [2.05, 4.69) is 37.3 Å². The highest BCUT2D eigenvalue weighted by Gasteiger charge is 2.34. The lowest BCUT2D eigenvalue weighted by Crippen LogP contribution is -2.44. The number of thiocarbonyl (C=S) groups is 1. The van der Waals surface area contributed by atoms with Gasteiger partial charge in [-0.3, -0.25) is 15.0 Å². The molecule has 6 nitrogen and oxygen atoms in total. The van der Waals surface area contributed by atoms with E-state index in [1.807, 2.05) is 30.3 Å². The summed E-state index contributed by atoms with van der Waals surface area (Å²) in [6.07, 6.45) is 1.67. The van der Waals surface area contributed by atoms with Crippen molar-refractivity contribution in [3.63, 3.8) is 0 Å². The van der Waals surface area contributed by atoms with Crippen LogP contribution in [0.25, 0.3) is 6.08 Å². The van der Waals surface area contributed by atoms with Crippen molar-refractivity contribution in [2.45, 2.75) is 6.61 Å². The van der Waals surface area contributed by atoms with E-state index in [-0.39, 0.29) is 14.9 Å². The predicted octanol–water partition coefficient (Wildman–Crippen LogP) is 7.00. The first-order valence-corrected chi connectivity index (χ1v) is 13.5. The molecule has 1 heterocycles. The third kappa shape index (κ3) is 6.12. The number of nitrogens with zero attached hydrogens (tertiary/aromatic N) is 1. The molecule has 0 unspecified atom stereocenters. The van der Waals surface area contributed by atoms with Gasteiger partial charge in [-0.2, -0.15) is 5.01 Å². The highest BCUT2D eigenvalue weighted by molar-refractivity contribution is 9.10. The Hall–Kier alpha value is -2.37. The first-order valence-electron chi connectivity index (χ1n) is 10.3. The zero-order valence-electron chi connectivity index (χ0n) is 18.6. The molecular weight excluding hydrogens is 652 g/mol. The van der Waals surface area contributed by atoms with Gasteiger partial charge in [-0.05, 0) is 81.7 Å². The number of ether oxygens (including phenoxy) is 2. The second-order valence-corrected chi connectivity index (χ2v) is 11.2. The summed E-state index contributed by atoms with van der Waals surface area (Å²) < 4.78 is 13.4. The van der Waals surface area contributed by atoms with Gasteiger partial charge in [0.1, 0.15) is 6.61 Å². The summed E-state index contributed by atoms with van der Waals surface area (Å²) in [4.78, 5) is 25.9. The Bertz CT molecular complexity index is 1380. The predicted molar refractivity (Wildman–Crippen MR) is 153 cm³/mol. The minimum Gasteiger partial charge on any atom is -0.493 e. The number of hydrogen-bond acceptors (Lipinski definition) is 6. The number of amides is 2. The molecule has 0 radical (unpaired) electrons. The minimum atomic E-state index is -0.533.